The predicted molar refractivity (Wildman–Crippen MR) is 98.8 cm³/mol. The maximum atomic E-state index is 12.2. The molecule has 7 heteroatoms. The number of nitrogens with zero attached hydrogens (tertiary/aromatic N) is 2. The molecule has 1 aliphatic heterocycles. The van der Waals surface area contributed by atoms with Gasteiger partial charge in [0.15, 0.2) is 5.17 Å². The number of carbonyl (C=O) groups is 1. The topological polar surface area (TPSA) is 44.7 Å². The molecule has 1 N–H and O–H groups in total. The van der Waals surface area contributed by atoms with Crippen molar-refractivity contribution in [1.29, 1.82) is 0 Å². The molecule has 1 aliphatic rings. The van der Waals surface area contributed by atoms with Crippen LogP contribution in [0.1, 0.15) is 5.56 Å². The number of benzene rings is 2. The normalized spacial score (nSPS) is 13.1. The van der Waals surface area contributed by atoms with Crippen molar-refractivity contribution in [2.45, 2.75) is 5.75 Å². The lowest BCUT2D eigenvalue weighted by molar-refractivity contribution is 0.248. The van der Waals surface area contributed by atoms with Gasteiger partial charge >= 0.3 is 6.03 Å². The molecule has 4 nitrogen and oxygen atoms in total. The van der Waals surface area contributed by atoms with Crippen LogP contribution in [0.5, 0.6) is 0 Å². The summed E-state index contributed by atoms with van der Waals surface area (Å²) in [7, 11) is 0. The van der Waals surface area contributed by atoms with E-state index in [1.54, 1.807) is 0 Å². The summed E-state index contributed by atoms with van der Waals surface area (Å²) in [5, 5.41) is 3.35. The van der Waals surface area contributed by atoms with Crippen molar-refractivity contribution in [1.82, 2.24) is 4.31 Å². The van der Waals surface area contributed by atoms with E-state index in [0.717, 1.165) is 21.5 Å². The summed E-state index contributed by atoms with van der Waals surface area (Å²) in [6.45, 7) is 0. The summed E-state index contributed by atoms with van der Waals surface area (Å²) in [4.78, 5) is 16.7. The maximum Gasteiger partial charge on any atom is 0.338 e. The molecule has 2 amide bonds. The standard InChI is InChI=1S/C15H12BrN3OS2/c16-11-5-7-12(8-6-11)17-14(20)19(21)15-18-13-4-2-1-3-10(13)9-22-15/h1-8,21H,9H2,(H,17,20). The Kier molecular flexibility index (Phi) is 4.75. The smallest absolute Gasteiger partial charge is 0.307 e. The lowest BCUT2D eigenvalue weighted by Gasteiger charge is -2.21. The van der Waals surface area contributed by atoms with Gasteiger partial charge in [0.1, 0.15) is 0 Å². The molecule has 2 aromatic carbocycles. The molecule has 0 bridgehead atoms. The van der Waals surface area contributed by atoms with Crippen molar-refractivity contribution in [3.63, 3.8) is 0 Å². The zero-order valence-electron chi connectivity index (χ0n) is 11.4. The van der Waals surface area contributed by atoms with Gasteiger partial charge in [-0.05, 0) is 35.9 Å². The van der Waals surface area contributed by atoms with Gasteiger partial charge in [0.25, 0.3) is 0 Å². The molecule has 2 aromatic rings. The number of anilines is 1. The Morgan fingerprint density at radius 1 is 1.23 bits per heavy atom. The number of hydrogen-bond donors (Lipinski definition) is 2. The van der Waals surface area contributed by atoms with Crippen molar-refractivity contribution in [2.24, 2.45) is 4.99 Å². The molecule has 0 spiro atoms. The number of thioether (sulfide) groups is 1. The van der Waals surface area contributed by atoms with E-state index < -0.39 is 0 Å². The van der Waals surface area contributed by atoms with Gasteiger partial charge < -0.3 is 5.32 Å². The van der Waals surface area contributed by atoms with Crippen LogP contribution >= 0.6 is 40.5 Å². The second-order valence-electron chi connectivity index (χ2n) is 4.56. The van der Waals surface area contributed by atoms with Crippen LogP contribution in [0.4, 0.5) is 16.2 Å². The Morgan fingerprint density at radius 2 is 1.95 bits per heavy atom. The molecule has 0 radical (unpaired) electrons. The lowest BCUT2D eigenvalue weighted by Crippen LogP contribution is -2.31. The number of hydrogen-bond acceptors (Lipinski definition) is 4. The first kappa shape index (κ1) is 15.5. The molecule has 112 valence electrons. The number of amides is 2. The number of aliphatic imine (C=N–C) groups is 1. The van der Waals surface area contributed by atoms with Crippen LogP contribution < -0.4 is 5.32 Å². The first-order valence-electron chi connectivity index (χ1n) is 6.48. The number of fused-ring (bicyclic) bond motifs is 1. The Bertz CT molecular complexity index is 734. The number of para-hydroxylation sites is 1. The summed E-state index contributed by atoms with van der Waals surface area (Å²) in [6.07, 6.45) is 0. The minimum Gasteiger partial charge on any atom is -0.307 e. The highest BCUT2D eigenvalue weighted by molar-refractivity contribution is 9.10. The maximum absolute atomic E-state index is 12.2. The van der Waals surface area contributed by atoms with Gasteiger partial charge in [-0.15, -0.1) is 0 Å². The summed E-state index contributed by atoms with van der Waals surface area (Å²) in [6, 6.07) is 14.9. The van der Waals surface area contributed by atoms with E-state index in [4.69, 9.17) is 0 Å². The van der Waals surface area contributed by atoms with Crippen LogP contribution in [-0.2, 0) is 5.75 Å². The fraction of sp³-hybridized carbons (Fsp3) is 0.0667. The number of thiol groups is 1. The van der Waals surface area contributed by atoms with Crippen molar-refractivity contribution in [3.05, 3.63) is 58.6 Å². The van der Waals surface area contributed by atoms with Gasteiger partial charge in [-0.25, -0.2) is 14.1 Å². The second-order valence-corrected chi connectivity index (χ2v) is 6.82. The Balaban J connectivity index is 1.74. The Labute approximate surface area is 146 Å². The molecule has 0 aromatic heterocycles. The van der Waals surface area contributed by atoms with Crippen LogP contribution in [0.3, 0.4) is 0 Å². The molecule has 1 heterocycles. The molecule has 3 rings (SSSR count). The summed E-state index contributed by atoms with van der Waals surface area (Å²) < 4.78 is 2.19. The van der Waals surface area contributed by atoms with Gasteiger partial charge in [0.05, 0.1) is 5.69 Å². The van der Waals surface area contributed by atoms with E-state index >= 15 is 0 Å². The minimum absolute atomic E-state index is 0.337. The number of halogens is 1. The summed E-state index contributed by atoms with van der Waals surface area (Å²) in [5.74, 6) is 0.775. The highest BCUT2D eigenvalue weighted by Gasteiger charge is 2.21. The molecule has 22 heavy (non-hydrogen) atoms. The van der Waals surface area contributed by atoms with Crippen LogP contribution in [0, 0.1) is 0 Å². The fourth-order valence-corrected chi connectivity index (χ4v) is 3.35. The van der Waals surface area contributed by atoms with E-state index in [-0.39, 0.29) is 6.03 Å². The second kappa shape index (κ2) is 6.76. The summed E-state index contributed by atoms with van der Waals surface area (Å²) in [5.41, 5.74) is 2.74. The number of nitrogens with one attached hydrogen (secondary N) is 1. The zero-order valence-corrected chi connectivity index (χ0v) is 14.7. The number of carbonyl (C=O) groups excluding carboxylic acids is 1. The molecule has 0 fully saturated rings. The molecular formula is C15H12BrN3OS2. The Morgan fingerprint density at radius 3 is 2.73 bits per heavy atom. The monoisotopic (exact) mass is 393 g/mol. The van der Waals surface area contributed by atoms with Crippen molar-refractivity contribution >= 4 is 63.1 Å². The minimum atomic E-state index is -0.337. The average Bonchev–Trinajstić information content (AvgIpc) is 2.55. The molecule has 0 saturated heterocycles. The van der Waals surface area contributed by atoms with Gasteiger partial charge in [-0.2, -0.15) is 0 Å². The molecular weight excluding hydrogens is 382 g/mol. The van der Waals surface area contributed by atoms with Crippen LogP contribution in [0.2, 0.25) is 0 Å². The first-order valence-corrected chi connectivity index (χ1v) is 8.66. The predicted octanol–water partition coefficient (Wildman–Crippen LogP) is 5.06. The third kappa shape index (κ3) is 3.48. The quantitative estimate of drug-likeness (QED) is 0.664. The molecule has 0 saturated carbocycles. The number of amidine groups is 1. The van der Waals surface area contributed by atoms with E-state index in [1.807, 2.05) is 48.5 Å². The van der Waals surface area contributed by atoms with Crippen LogP contribution in [0.25, 0.3) is 0 Å². The van der Waals surface area contributed by atoms with Gasteiger partial charge in [0.2, 0.25) is 0 Å². The van der Waals surface area contributed by atoms with E-state index in [1.165, 1.54) is 16.1 Å². The van der Waals surface area contributed by atoms with Gasteiger partial charge in [-0.3, -0.25) is 0 Å². The lowest BCUT2D eigenvalue weighted by atomic mass is 10.2. The highest BCUT2D eigenvalue weighted by Crippen LogP contribution is 2.32. The third-order valence-corrected chi connectivity index (χ3v) is 5.06. The van der Waals surface area contributed by atoms with Gasteiger partial charge in [-0.1, -0.05) is 58.7 Å². The Hall–Kier alpha value is -1.44. The molecule has 0 unspecified atom stereocenters. The van der Waals surface area contributed by atoms with Crippen molar-refractivity contribution < 1.29 is 4.79 Å². The number of urea groups is 1. The van der Waals surface area contributed by atoms with E-state index in [2.05, 4.69) is 39.1 Å². The van der Waals surface area contributed by atoms with Crippen LogP contribution in [0.15, 0.2) is 58.0 Å². The van der Waals surface area contributed by atoms with E-state index in [0.29, 0.717) is 10.9 Å². The average molecular weight is 394 g/mol. The molecule has 0 aliphatic carbocycles. The summed E-state index contributed by atoms with van der Waals surface area (Å²) >= 11 is 9.11. The van der Waals surface area contributed by atoms with Crippen LogP contribution in [-0.4, -0.2) is 15.5 Å². The third-order valence-electron chi connectivity index (χ3n) is 3.03. The van der Waals surface area contributed by atoms with Crippen molar-refractivity contribution in [2.75, 3.05) is 5.32 Å². The SMILES string of the molecule is O=C(Nc1ccc(Br)cc1)N(S)C1=Nc2ccccc2CS1. The fourth-order valence-electron chi connectivity index (χ4n) is 1.92. The highest BCUT2D eigenvalue weighted by atomic mass is 79.9. The zero-order chi connectivity index (χ0) is 15.5. The largest absolute Gasteiger partial charge is 0.338 e. The van der Waals surface area contributed by atoms with E-state index in [9.17, 15) is 4.79 Å². The number of rotatable bonds is 1. The van der Waals surface area contributed by atoms with Gasteiger partial charge in [0, 0.05) is 15.9 Å². The first-order chi connectivity index (χ1) is 10.6. The molecule has 0 atom stereocenters. The van der Waals surface area contributed by atoms with Crippen molar-refractivity contribution in [3.8, 4) is 0 Å².